The molecule has 0 aromatic heterocycles. The fraction of sp³-hybridized carbons (Fsp3) is 0.435. The second-order valence-corrected chi connectivity index (χ2v) is 9.06. The average molecular weight is 380 g/mol. The number of fused-ring (bicyclic) bond motifs is 1. The zero-order valence-electron chi connectivity index (χ0n) is 16.9. The van der Waals surface area contributed by atoms with Gasteiger partial charge in [-0.15, -0.1) is 0 Å². The highest BCUT2D eigenvalue weighted by Gasteiger charge is 2.51. The van der Waals surface area contributed by atoms with Crippen molar-refractivity contribution >= 4 is 17.3 Å². The van der Waals surface area contributed by atoms with Crippen LogP contribution >= 0.6 is 0 Å². The van der Waals surface area contributed by atoms with Crippen molar-refractivity contribution in [2.45, 2.75) is 51.5 Å². The van der Waals surface area contributed by atoms with Gasteiger partial charge in [-0.1, -0.05) is 26.8 Å². The third-order valence-electron chi connectivity index (χ3n) is 6.08. The molecule has 1 atom stereocenters. The fourth-order valence-electron chi connectivity index (χ4n) is 3.97. The number of ether oxygens (including phenoxy) is 1. The molecule has 2 aliphatic rings. The molecule has 148 valence electrons. The first kappa shape index (κ1) is 18.7. The Balaban J connectivity index is 1.51. The van der Waals surface area contributed by atoms with E-state index in [1.54, 1.807) is 12.1 Å². The van der Waals surface area contributed by atoms with E-state index < -0.39 is 5.41 Å². The van der Waals surface area contributed by atoms with Crippen LogP contribution in [0.2, 0.25) is 0 Å². The Morgan fingerprint density at radius 3 is 2.57 bits per heavy atom. The van der Waals surface area contributed by atoms with E-state index in [0.29, 0.717) is 11.8 Å². The highest BCUT2D eigenvalue weighted by Crippen LogP contribution is 2.50. The lowest BCUT2D eigenvalue weighted by Gasteiger charge is -2.27. The number of aromatic hydroxyl groups is 1. The van der Waals surface area contributed by atoms with E-state index in [1.807, 2.05) is 12.1 Å². The van der Waals surface area contributed by atoms with Crippen LogP contribution in [0.3, 0.4) is 0 Å². The lowest BCUT2D eigenvalue weighted by Crippen LogP contribution is -2.31. The highest BCUT2D eigenvalue weighted by molar-refractivity contribution is 6.01. The van der Waals surface area contributed by atoms with E-state index in [4.69, 9.17) is 4.74 Å². The minimum atomic E-state index is -0.561. The number of amides is 1. The maximum absolute atomic E-state index is 13.0. The van der Waals surface area contributed by atoms with E-state index in [9.17, 15) is 9.90 Å². The van der Waals surface area contributed by atoms with Crippen molar-refractivity contribution in [2.24, 2.45) is 5.41 Å². The molecular formula is C23H28N2O3. The van der Waals surface area contributed by atoms with Crippen molar-refractivity contribution in [2.75, 3.05) is 17.7 Å². The Morgan fingerprint density at radius 2 is 1.96 bits per heavy atom. The van der Waals surface area contributed by atoms with Crippen molar-refractivity contribution in [3.05, 3.63) is 47.5 Å². The molecule has 1 heterocycles. The Kier molecular flexibility index (Phi) is 4.29. The molecule has 2 aromatic carbocycles. The van der Waals surface area contributed by atoms with Gasteiger partial charge in [0, 0.05) is 17.4 Å². The van der Waals surface area contributed by atoms with Crippen LogP contribution in [0.4, 0.5) is 11.4 Å². The van der Waals surface area contributed by atoms with Crippen LogP contribution in [0.1, 0.15) is 44.7 Å². The Hall–Kier alpha value is -2.69. The molecule has 0 radical (unpaired) electrons. The van der Waals surface area contributed by atoms with Crippen LogP contribution in [-0.4, -0.2) is 24.2 Å². The quantitative estimate of drug-likeness (QED) is 0.733. The standard InChI is InChI=1S/C23H28N2O3/c1-22(2,3)20-12-14-11-16(6-7-17(14)25-20)24-21(27)23(9-10-23)15-5-8-19(28-4)18(26)13-15/h5-8,11,13,20,25-26H,9-10,12H2,1-4H3,(H,24,27). The minimum Gasteiger partial charge on any atom is -0.504 e. The lowest BCUT2D eigenvalue weighted by atomic mass is 9.85. The number of carbonyl (C=O) groups excluding carboxylic acids is 1. The lowest BCUT2D eigenvalue weighted by molar-refractivity contribution is -0.118. The number of methoxy groups -OCH3 is 1. The second-order valence-electron chi connectivity index (χ2n) is 9.06. The number of carbonyl (C=O) groups is 1. The number of phenolic OH excluding ortho intramolecular Hbond substituents is 1. The molecule has 1 aliphatic carbocycles. The monoisotopic (exact) mass is 380 g/mol. The summed E-state index contributed by atoms with van der Waals surface area (Å²) in [5.74, 6) is 0.464. The molecular weight excluding hydrogens is 352 g/mol. The number of nitrogens with one attached hydrogen (secondary N) is 2. The predicted molar refractivity (Wildman–Crippen MR) is 111 cm³/mol. The van der Waals surface area contributed by atoms with Gasteiger partial charge in [-0.05, 0) is 66.1 Å². The van der Waals surface area contributed by atoms with Crippen molar-refractivity contribution in [1.29, 1.82) is 0 Å². The zero-order chi connectivity index (χ0) is 20.1. The number of anilines is 2. The normalized spacial score (nSPS) is 19.5. The fourth-order valence-corrected chi connectivity index (χ4v) is 3.97. The molecule has 1 amide bonds. The first-order valence-corrected chi connectivity index (χ1v) is 9.81. The SMILES string of the molecule is COc1ccc(C2(C(=O)Nc3ccc4c(c3)CC(C(C)(C)C)N4)CC2)cc1O. The summed E-state index contributed by atoms with van der Waals surface area (Å²) in [6.45, 7) is 6.71. The van der Waals surface area contributed by atoms with Gasteiger partial charge in [-0.3, -0.25) is 4.79 Å². The van der Waals surface area contributed by atoms with Gasteiger partial charge in [0.25, 0.3) is 0 Å². The third-order valence-corrected chi connectivity index (χ3v) is 6.08. The molecule has 3 N–H and O–H groups in total. The summed E-state index contributed by atoms with van der Waals surface area (Å²) < 4.78 is 5.11. The van der Waals surface area contributed by atoms with Crippen molar-refractivity contribution in [3.63, 3.8) is 0 Å². The van der Waals surface area contributed by atoms with Crippen LogP contribution in [0.25, 0.3) is 0 Å². The third kappa shape index (κ3) is 3.19. The first-order chi connectivity index (χ1) is 13.2. The summed E-state index contributed by atoms with van der Waals surface area (Å²) >= 11 is 0. The van der Waals surface area contributed by atoms with Gasteiger partial charge in [0.1, 0.15) is 0 Å². The molecule has 4 rings (SSSR count). The number of rotatable bonds is 4. The largest absolute Gasteiger partial charge is 0.504 e. The number of hydrogen-bond donors (Lipinski definition) is 3. The highest BCUT2D eigenvalue weighted by atomic mass is 16.5. The molecule has 0 bridgehead atoms. The molecule has 1 fully saturated rings. The molecule has 1 aliphatic heterocycles. The number of hydrogen-bond acceptors (Lipinski definition) is 4. The van der Waals surface area contributed by atoms with Crippen molar-refractivity contribution < 1.29 is 14.6 Å². The van der Waals surface area contributed by atoms with E-state index in [2.05, 4.69) is 43.5 Å². The number of phenols is 1. The second kappa shape index (κ2) is 6.43. The molecule has 5 nitrogen and oxygen atoms in total. The van der Waals surface area contributed by atoms with Crippen LogP contribution < -0.4 is 15.4 Å². The molecule has 28 heavy (non-hydrogen) atoms. The summed E-state index contributed by atoms with van der Waals surface area (Å²) in [4.78, 5) is 13.0. The van der Waals surface area contributed by atoms with Gasteiger partial charge in [0.05, 0.1) is 12.5 Å². The van der Waals surface area contributed by atoms with Gasteiger partial charge in [0.15, 0.2) is 11.5 Å². The molecule has 5 heteroatoms. The van der Waals surface area contributed by atoms with Crippen molar-refractivity contribution in [3.8, 4) is 11.5 Å². The summed E-state index contributed by atoms with van der Waals surface area (Å²) in [5, 5.41) is 16.8. The smallest absolute Gasteiger partial charge is 0.235 e. The predicted octanol–water partition coefficient (Wildman–Crippen LogP) is 4.45. The minimum absolute atomic E-state index is 0.0182. The van der Waals surface area contributed by atoms with E-state index in [1.165, 1.54) is 12.7 Å². The van der Waals surface area contributed by atoms with Gasteiger partial charge < -0.3 is 20.5 Å². The Morgan fingerprint density at radius 1 is 1.21 bits per heavy atom. The van der Waals surface area contributed by atoms with E-state index >= 15 is 0 Å². The summed E-state index contributed by atoms with van der Waals surface area (Å²) in [6.07, 6.45) is 2.52. The van der Waals surface area contributed by atoms with Crippen LogP contribution in [0.15, 0.2) is 36.4 Å². The van der Waals surface area contributed by atoms with Gasteiger partial charge in [-0.2, -0.15) is 0 Å². The molecule has 1 saturated carbocycles. The van der Waals surface area contributed by atoms with Crippen LogP contribution in [-0.2, 0) is 16.6 Å². The topological polar surface area (TPSA) is 70.6 Å². The molecule has 0 spiro atoms. The van der Waals surface area contributed by atoms with E-state index in [-0.39, 0.29) is 17.1 Å². The maximum atomic E-state index is 13.0. The molecule has 0 saturated heterocycles. The van der Waals surface area contributed by atoms with Gasteiger partial charge >= 0.3 is 0 Å². The average Bonchev–Trinajstić information content (AvgIpc) is 3.34. The van der Waals surface area contributed by atoms with E-state index in [0.717, 1.165) is 36.2 Å². The summed E-state index contributed by atoms with van der Waals surface area (Å²) in [5.41, 5.74) is 3.66. The summed E-state index contributed by atoms with van der Waals surface area (Å²) in [7, 11) is 1.52. The van der Waals surface area contributed by atoms with Crippen LogP contribution in [0, 0.1) is 5.41 Å². The first-order valence-electron chi connectivity index (χ1n) is 9.81. The maximum Gasteiger partial charge on any atom is 0.235 e. The number of benzene rings is 2. The van der Waals surface area contributed by atoms with Crippen LogP contribution in [0.5, 0.6) is 11.5 Å². The summed E-state index contributed by atoms with van der Waals surface area (Å²) in [6, 6.07) is 11.7. The van der Waals surface area contributed by atoms with Gasteiger partial charge in [-0.25, -0.2) is 0 Å². The zero-order valence-corrected chi connectivity index (χ0v) is 16.9. The molecule has 1 unspecified atom stereocenters. The molecule has 2 aromatic rings. The Bertz CT molecular complexity index is 926. The van der Waals surface area contributed by atoms with Gasteiger partial charge in [0.2, 0.25) is 5.91 Å². The van der Waals surface area contributed by atoms with Crippen molar-refractivity contribution in [1.82, 2.24) is 0 Å². The Labute approximate surface area is 166 Å².